The molecule has 0 saturated carbocycles. The first-order valence-electron chi connectivity index (χ1n) is 6.40. The molecule has 1 N–H and O–H groups in total. The Bertz CT molecular complexity index is 532. The van der Waals surface area contributed by atoms with Crippen LogP contribution in [0.5, 0.6) is 0 Å². The van der Waals surface area contributed by atoms with Crippen molar-refractivity contribution in [2.45, 2.75) is 26.2 Å². The predicted molar refractivity (Wildman–Crippen MR) is 73.4 cm³/mol. The third kappa shape index (κ3) is 3.06. The van der Waals surface area contributed by atoms with Crippen LogP contribution in [0, 0.1) is 0 Å². The molecule has 3 heteroatoms. The molecule has 0 fully saturated rings. The first-order chi connectivity index (χ1) is 8.81. The fourth-order valence-electron chi connectivity index (χ4n) is 1.95. The number of rotatable bonds is 5. The van der Waals surface area contributed by atoms with Crippen molar-refractivity contribution in [3.8, 4) is 0 Å². The number of benzene rings is 1. The van der Waals surface area contributed by atoms with E-state index < -0.39 is 0 Å². The molecule has 0 saturated heterocycles. The average molecular weight is 242 g/mol. The molecule has 1 aromatic heterocycles. The molecular formula is C15H18N2O. The van der Waals surface area contributed by atoms with Crippen LogP contribution in [0.2, 0.25) is 0 Å². The lowest BCUT2D eigenvalue weighted by Crippen LogP contribution is -2.26. The van der Waals surface area contributed by atoms with Gasteiger partial charge in [0.1, 0.15) is 0 Å². The van der Waals surface area contributed by atoms with Gasteiger partial charge in [0.2, 0.25) is 5.91 Å². The summed E-state index contributed by atoms with van der Waals surface area (Å²) in [7, 11) is 0. The second-order valence-corrected chi connectivity index (χ2v) is 4.37. The van der Waals surface area contributed by atoms with Crippen LogP contribution in [0.1, 0.15) is 25.3 Å². The van der Waals surface area contributed by atoms with E-state index in [1.807, 2.05) is 30.3 Å². The van der Waals surface area contributed by atoms with Gasteiger partial charge >= 0.3 is 0 Å². The lowest BCUT2D eigenvalue weighted by Gasteiger charge is -2.06. The molecule has 18 heavy (non-hydrogen) atoms. The normalized spacial score (nSPS) is 10.5. The summed E-state index contributed by atoms with van der Waals surface area (Å²) in [6.45, 7) is 2.87. The zero-order valence-corrected chi connectivity index (χ0v) is 10.6. The standard InChI is InChI=1S/C15H18N2O/c1-2-3-9-16-14(18)11-13-7-4-6-12-8-5-10-17-15(12)13/h4-8,10H,2-3,9,11H2,1H3,(H,16,18). The molecule has 1 amide bonds. The van der Waals surface area contributed by atoms with Gasteiger partial charge in [0.25, 0.3) is 0 Å². The summed E-state index contributed by atoms with van der Waals surface area (Å²) >= 11 is 0. The maximum atomic E-state index is 11.8. The zero-order chi connectivity index (χ0) is 12.8. The molecule has 1 heterocycles. The molecule has 0 atom stereocenters. The van der Waals surface area contributed by atoms with Gasteiger partial charge in [-0.2, -0.15) is 0 Å². The van der Waals surface area contributed by atoms with Crippen molar-refractivity contribution in [2.24, 2.45) is 0 Å². The molecule has 3 nitrogen and oxygen atoms in total. The van der Waals surface area contributed by atoms with Gasteiger partial charge in [0.05, 0.1) is 11.9 Å². The van der Waals surface area contributed by atoms with Crippen LogP contribution in [0.4, 0.5) is 0 Å². The van der Waals surface area contributed by atoms with E-state index in [2.05, 4.69) is 17.2 Å². The van der Waals surface area contributed by atoms with Gasteiger partial charge < -0.3 is 5.32 Å². The number of carbonyl (C=O) groups is 1. The van der Waals surface area contributed by atoms with Crippen molar-refractivity contribution in [1.29, 1.82) is 0 Å². The Morgan fingerprint density at radius 3 is 2.94 bits per heavy atom. The fourth-order valence-corrected chi connectivity index (χ4v) is 1.95. The zero-order valence-electron chi connectivity index (χ0n) is 10.6. The maximum Gasteiger partial charge on any atom is 0.224 e. The highest BCUT2D eigenvalue weighted by molar-refractivity contribution is 5.87. The second kappa shape index (κ2) is 6.15. The van der Waals surface area contributed by atoms with Crippen molar-refractivity contribution in [1.82, 2.24) is 10.3 Å². The number of nitrogens with one attached hydrogen (secondary N) is 1. The molecule has 0 aliphatic carbocycles. The van der Waals surface area contributed by atoms with E-state index in [0.29, 0.717) is 6.42 Å². The Morgan fingerprint density at radius 1 is 1.28 bits per heavy atom. The quantitative estimate of drug-likeness (QED) is 0.819. The maximum absolute atomic E-state index is 11.8. The van der Waals surface area contributed by atoms with Crippen LogP contribution in [0.25, 0.3) is 10.9 Å². The molecule has 1 aromatic carbocycles. The summed E-state index contributed by atoms with van der Waals surface area (Å²) in [5.74, 6) is 0.0709. The van der Waals surface area contributed by atoms with Gasteiger partial charge in [-0.25, -0.2) is 0 Å². The summed E-state index contributed by atoms with van der Waals surface area (Å²) in [5.41, 5.74) is 1.91. The van der Waals surface area contributed by atoms with Crippen LogP contribution in [0.3, 0.4) is 0 Å². The number of amides is 1. The van der Waals surface area contributed by atoms with E-state index in [4.69, 9.17) is 0 Å². The van der Waals surface area contributed by atoms with Gasteiger partial charge in [0, 0.05) is 18.1 Å². The molecule has 0 aliphatic rings. The fraction of sp³-hybridized carbons (Fsp3) is 0.333. The number of fused-ring (bicyclic) bond motifs is 1. The first-order valence-corrected chi connectivity index (χ1v) is 6.40. The van der Waals surface area contributed by atoms with Crippen molar-refractivity contribution in [3.63, 3.8) is 0 Å². The largest absolute Gasteiger partial charge is 0.356 e. The van der Waals surface area contributed by atoms with Crippen LogP contribution in [-0.2, 0) is 11.2 Å². The van der Waals surface area contributed by atoms with Gasteiger partial charge in [-0.15, -0.1) is 0 Å². The number of para-hydroxylation sites is 1. The molecule has 0 spiro atoms. The molecule has 0 radical (unpaired) electrons. The number of aromatic nitrogens is 1. The van der Waals surface area contributed by atoms with Crippen LogP contribution in [-0.4, -0.2) is 17.4 Å². The smallest absolute Gasteiger partial charge is 0.224 e. The summed E-state index contributed by atoms with van der Waals surface area (Å²) < 4.78 is 0. The Morgan fingerprint density at radius 2 is 2.11 bits per heavy atom. The lowest BCUT2D eigenvalue weighted by molar-refractivity contribution is -0.120. The topological polar surface area (TPSA) is 42.0 Å². The van der Waals surface area contributed by atoms with Crippen LogP contribution < -0.4 is 5.32 Å². The molecule has 0 bridgehead atoms. The number of hydrogen-bond acceptors (Lipinski definition) is 2. The first kappa shape index (κ1) is 12.6. The minimum Gasteiger partial charge on any atom is -0.356 e. The number of hydrogen-bond donors (Lipinski definition) is 1. The van der Waals surface area contributed by atoms with E-state index in [1.165, 1.54) is 0 Å². The second-order valence-electron chi connectivity index (χ2n) is 4.37. The highest BCUT2D eigenvalue weighted by Gasteiger charge is 2.06. The summed E-state index contributed by atoms with van der Waals surface area (Å²) in [4.78, 5) is 16.1. The molecule has 0 aliphatic heterocycles. The Kier molecular flexibility index (Phi) is 4.29. The minimum absolute atomic E-state index is 0.0709. The van der Waals surface area contributed by atoms with E-state index >= 15 is 0 Å². The minimum atomic E-state index is 0.0709. The van der Waals surface area contributed by atoms with Gasteiger partial charge in [-0.1, -0.05) is 37.6 Å². The Labute approximate surface area is 107 Å². The third-order valence-electron chi connectivity index (χ3n) is 2.92. The van der Waals surface area contributed by atoms with Crippen molar-refractivity contribution < 1.29 is 4.79 Å². The highest BCUT2D eigenvalue weighted by atomic mass is 16.1. The summed E-state index contributed by atoms with van der Waals surface area (Å²) in [6, 6.07) is 9.88. The van der Waals surface area contributed by atoms with E-state index in [0.717, 1.165) is 35.9 Å². The number of nitrogens with zero attached hydrogens (tertiary/aromatic N) is 1. The Balaban J connectivity index is 2.09. The lowest BCUT2D eigenvalue weighted by atomic mass is 10.1. The Hall–Kier alpha value is -1.90. The SMILES string of the molecule is CCCCNC(=O)Cc1cccc2cccnc12. The predicted octanol–water partition coefficient (Wildman–Crippen LogP) is 2.69. The summed E-state index contributed by atoms with van der Waals surface area (Å²) in [6.07, 6.45) is 4.29. The van der Waals surface area contributed by atoms with Crippen molar-refractivity contribution in [2.75, 3.05) is 6.54 Å². The number of carbonyl (C=O) groups excluding carboxylic acids is 1. The van der Waals surface area contributed by atoms with Gasteiger partial charge in [-0.3, -0.25) is 9.78 Å². The van der Waals surface area contributed by atoms with E-state index in [9.17, 15) is 4.79 Å². The van der Waals surface area contributed by atoms with E-state index in [-0.39, 0.29) is 5.91 Å². The van der Waals surface area contributed by atoms with Crippen LogP contribution in [0.15, 0.2) is 36.5 Å². The molecule has 2 rings (SSSR count). The molecule has 0 unspecified atom stereocenters. The molecular weight excluding hydrogens is 224 g/mol. The van der Waals surface area contributed by atoms with Crippen molar-refractivity contribution >= 4 is 16.8 Å². The number of unbranched alkanes of at least 4 members (excludes halogenated alkanes) is 1. The molecule has 94 valence electrons. The average Bonchev–Trinajstić information content (AvgIpc) is 2.39. The molecule has 2 aromatic rings. The van der Waals surface area contributed by atoms with E-state index in [1.54, 1.807) is 6.20 Å². The number of pyridine rings is 1. The van der Waals surface area contributed by atoms with Gasteiger partial charge in [-0.05, 0) is 18.1 Å². The summed E-state index contributed by atoms with van der Waals surface area (Å²) in [5, 5.41) is 4.01. The highest BCUT2D eigenvalue weighted by Crippen LogP contribution is 2.16. The van der Waals surface area contributed by atoms with Gasteiger partial charge in [0.15, 0.2) is 0 Å². The monoisotopic (exact) mass is 242 g/mol. The third-order valence-corrected chi connectivity index (χ3v) is 2.92. The van der Waals surface area contributed by atoms with Crippen molar-refractivity contribution in [3.05, 3.63) is 42.1 Å². The van der Waals surface area contributed by atoms with Crippen LogP contribution >= 0.6 is 0 Å².